The number of rotatable bonds is 3. The molecule has 2 rings (SSSR count). The third-order valence-electron chi connectivity index (χ3n) is 2.65. The van der Waals surface area contributed by atoms with Crippen molar-refractivity contribution < 1.29 is 5.11 Å². The van der Waals surface area contributed by atoms with Gasteiger partial charge < -0.3 is 5.11 Å². The molecule has 0 saturated carbocycles. The van der Waals surface area contributed by atoms with Gasteiger partial charge in [-0.1, -0.05) is 19.1 Å². The molecule has 0 unspecified atom stereocenters. The number of aromatic hydroxyl groups is 1. The summed E-state index contributed by atoms with van der Waals surface area (Å²) in [6.07, 6.45) is 2.15. The van der Waals surface area contributed by atoms with Gasteiger partial charge in [0.2, 0.25) is 5.88 Å². The summed E-state index contributed by atoms with van der Waals surface area (Å²) >= 11 is 0. The van der Waals surface area contributed by atoms with Crippen LogP contribution in [0.4, 0.5) is 5.69 Å². The van der Waals surface area contributed by atoms with Gasteiger partial charge in [0.05, 0.1) is 5.69 Å². The average Bonchev–Trinajstić information content (AvgIpc) is 2.38. The lowest BCUT2D eigenvalue weighted by molar-refractivity contribution is 0.447. The molecular weight excluding hydrogens is 246 g/mol. The molecule has 6 heteroatoms. The minimum absolute atomic E-state index is 0.0841. The molecular formula is C13H13N3O3. The van der Waals surface area contributed by atoms with Crippen molar-refractivity contribution in [3.8, 4) is 5.88 Å². The number of H-pyrrole nitrogens is 2. The molecule has 0 radical (unpaired) electrons. The topological polar surface area (TPSA) is 98.3 Å². The highest BCUT2D eigenvalue weighted by atomic mass is 16.3. The summed E-state index contributed by atoms with van der Waals surface area (Å²) in [5.74, 6) is -0.498. The van der Waals surface area contributed by atoms with Crippen LogP contribution in [0.3, 0.4) is 0 Å². The number of aromatic amines is 2. The van der Waals surface area contributed by atoms with Gasteiger partial charge in [0, 0.05) is 6.21 Å². The van der Waals surface area contributed by atoms with Crippen molar-refractivity contribution in [1.29, 1.82) is 0 Å². The Hall–Kier alpha value is -2.63. The van der Waals surface area contributed by atoms with Crippen LogP contribution in [0.2, 0.25) is 0 Å². The third-order valence-corrected chi connectivity index (χ3v) is 2.65. The summed E-state index contributed by atoms with van der Waals surface area (Å²) in [4.78, 5) is 30.5. The second-order valence-corrected chi connectivity index (χ2v) is 3.95. The number of benzene rings is 1. The number of hydrogen-bond donors (Lipinski definition) is 3. The molecule has 0 saturated heterocycles. The summed E-state index contributed by atoms with van der Waals surface area (Å²) in [6, 6.07) is 7.49. The molecule has 98 valence electrons. The van der Waals surface area contributed by atoms with Crippen molar-refractivity contribution in [1.82, 2.24) is 9.97 Å². The van der Waals surface area contributed by atoms with Crippen LogP contribution in [-0.2, 0) is 6.42 Å². The van der Waals surface area contributed by atoms with Crippen molar-refractivity contribution in [2.45, 2.75) is 13.3 Å². The smallest absolute Gasteiger partial charge is 0.328 e. The van der Waals surface area contributed by atoms with E-state index < -0.39 is 17.1 Å². The highest BCUT2D eigenvalue weighted by Gasteiger charge is 2.05. The van der Waals surface area contributed by atoms with Gasteiger partial charge in [-0.15, -0.1) is 0 Å². The van der Waals surface area contributed by atoms with E-state index in [-0.39, 0.29) is 5.56 Å². The number of hydrogen-bond acceptors (Lipinski definition) is 4. The molecule has 0 aliphatic heterocycles. The minimum Gasteiger partial charge on any atom is -0.494 e. The SMILES string of the molecule is CCc1ccc(N=Cc2c(O)[nH]c(=O)[nH]c2=O)cc1. The lowest BCUT2D eigenvalue weighted by Gasteiger charge is -1.98. The highest BCUT2D eigenvalue weighted by Crippen LogP contribution is 2.13. The van der Waals surface area contributed by atoms with Crippen molar-refractivity contribution in [2.24, 2.45) is 4.99 Å². The summed E-state index contributed by atoms with van der Waals surface area (Å²) in [5, 5.41) is 9.47. The lowest BCUT2D eigenvalue weighted by Crippen LogP contribution is -2.24. The van der Waals surface area contributed by atoms with Crippen LogP contribution >= 0.6 is 0 Å². The highest BCUT2D eigenvalue weighted by molar-refractivity contribution is 5.83. The first-order valence-electron chi connectivity index (χ1n) is 5.78. The minimum atomic E-state index is -0.757. The van der Waals surface area contributed by atoms with Crippen molar-refractivity contribution in [3.05, 3.63) is 56.2 Å². The molecule has 19 heavy (non-hydrogen) atoms. The van der Waals surface area contributed by atoms with Crippen LogP contribution < -0.4 is 11.2 Å². The molecule has 1 aromatic carbocycles. The Labute approximate surface area is 108 Å². The molecule has 0 amide bonds. The number of nitrogens with one attached hydrogen (secondary N) is 2. The van der Waals surface area contributed by atoms with E-state index in [0.29, 0.717) is 5.69 Å². The lowest BCUT2D eigenvalue weighted by atomic mass is 10.1. The van der Waals surface area contributed by atoms with Crippen LogP contribution in [0.1, 0.15) is 18.1 Å². The van der Waals surface area contributed by atoms with Crippen LogP contribution in [0.25, 0.3) is 0 Å². The zero-order valence-corrected chi connectivity index (χ0v) is 10.3. The predicted octanol–water partition coefficient (Wildman–Crippen LogP) is 1.08. The Morgan fingerprint density at radius 3 is 2.47 bits per heavy atom. The molecule has 6 nitrogen and oxygen atoms in total. The van der Waals surface area contributed by atoms with Gasteiger partial charge in [-0.05, 0) is 24.1 Å². The Morgan fingerprint density at radius 2 is 1.89 bits per heavy atom. The molecule has 0 bridgehead atoms. The van der Waals surface area contributed by atoms with E-state index in [0.717, 1.165) is 6.42 Å². The molecule has 1 heterocycles. The normalized spacial score (nSPS) is 11.0. The Balaban J connectivity index is 2.32. The molecule has 0 spiro atoms. The quantitative estimate of drug-likeness (QED) is 0.719. The first-order valence-corrected chi connectivity index (χ1v) is 5.78. The zero-order chi connectivity index (χ0) is 13.8. The first kappa shape index (κ1) is 12.8. The van der Waals surface area contributed by atoms with Gasteiger partial charge in [0.15, 0.2) is 0 Å². The third kappa shape index (κ3) is 2.98. The van der Waals surface area contributed by atoms with Gasteiger partial charge in [0.1, 0.15) is 5.56 Å². The average molecular weight is 259 g/mol. The van der Waals surface area contributed by atoms with Crippen molar-refractivity contribution in [2.75, 3.05) is 0 Å². The summed E-state index contributed by atoms with van der Waals surface area (Å²) in [6.45, 7) is 2.05. The van der Waals surface area contributed by atoms with Crippen molar-refractivity contribution >= 4 is 11.9 Å². The molecule has 0 aliphatic carbocycles. The Kier molecular flexibility index (Phi) is 3.61. The maximum absolute atomic E-state index is 11.5. The number of aromatic nitrogens is 2. The number of nitrogens with zero attached hydrogens (tertiary/aromatic N) is 1. The van der Waals surface area contributed by atoms with Crippen LogP contribution in [0.5, 0.6) is 5.88 Å². The second-order valence-electron chi connectivity index (χ2n) is 3.95. The molecule has 1 aromatic heterocycles. The second kappa shape index (κ2) is 5.34. The van der Waals surface area contributed by atoms with Crippen molar-refractivity contribution in [3.63, 3.8) is 0 Å². The van der Waals surface area contributed by atoms with Gasteiger partial charge in [0.25, 0.3) is 5.56 Å². The number of aliphatic imine (C=N–C) groups is 1. The van der Waals surface area contributed by atoms with E-state index >= 15 is 0 Å². The molecule has 0 aliphatic rings. The fraction of sp³-hybridized carbons (Fsp3) is 0.154. The number of aryl methyl sites for hydroxylation is 1. The fourth-order valence-electron chi connectivity index (χ4n) is 1.56. The molecule has 2 aromatic rings. The first-order chi connectivity index (χ1) is 9.10. The standard InChI is InChI=1S/C13H13N3O3/c1-2-8-3-5-9(6-4-8)14-7-10-11(17)15-13(19)16-12(10)18/h3-7H,2H2,1H3,(H3,15,16,17,18,19). The van der Waals surface area contributed by atoms with E-state index in [1.807, 2.05) is 29.2 Å². The van der Waals surface area contributed by atoms with E-state index in [4.69, 9.17) is 0 Å². The maximum Gasteiger partial charge on any atom is 0.328 e. The molecule has 0 fully saturated rings. The van der Waals surface area contributed by atoms with E-state index in [1.54, 1.807) is 0 Å². The van der Waals surface area contributed by atoms with Crippen LogP contribution in [0, 0.1) is 0 Å². The van der Waals surface area contributed by atoms with Gasteiger partial charge in [-0.2, -0.15) is 0 Å². The summed E-state index contributed by atoms with van der Waals surface area (Å²) in [7, 11) is 0. The van der Waals surface area contributed by atoms with Gasteiger partial charge >= 0.3 is 5.69 Å². The summed E-state index contributed by atoms with van der Waals surface area (Å²) < 4.78 is 0. The Bertz CT molecular complexity index is 711. The van der Waals surface area contributed by atoms with Crippen LogP contribution in [0.15, 0.2) is 38.8 Å². The van der Waals surface area contributed by atoms with E-state index in [2.05, 4.69) is 16.9 Å². The predicted molar refractivity (Wildman–Crippen MR) is 72.4 cm³/mol. The maximum atomic E-state index is 11.5. The summed E-state index contributed by atoms with van der Waals surface area (Å²) in [5.41, 5.74) is 0.312. The van der Waals surface area contributed by atoms with Crippen LogP contribution in [-0.4, -0.2) is 21.3 Å². The largest absolute Gasteiger partial charge is 0.494 e. The molecule has 0 atom stereocenters. The molecule has 3 N–H and O–H groups in total. The van der Waals surface area contributed by atoms with Gasteiger partial charge in [-0.3, -0.25) is 19.8 Å². The monoisotopic (exact) mass is 259 g/mol. The fourth-order valence-corrected chi connectivity index (χ4v) is 1.56. The zero-order valence-electron chi connectivity index (χ0n) is 10.3. The van der Waals surface area contributed by atoms with E-state index in [1.165, 1.54) is 11.8 Å². The van der Waals surface area contributed by atoms with Gasteiger partial charge in [-0.25, -0.2) is 4.79 Å². The Morgan fingerprint density at radius 1 is 1.21 bits per heavy atom. The van der Waals surface area contributed by atoms with E-state index in [9.17, 15) is 14.7 Å².